The number of anilines is 1. The fraction of sp³-hybridized carbons (Fsp3) is 0.286. The fourth-order valence-corrected chi connectivity index (χ4v) is 2.95. The maximum absolute atomic E-state index is 10.9. The van der Waals surface area contributed by atoms with Gasteiger partial charge in [0.1, 0.15) is 0 Å². The molecule has 1 aromatic heterocycles. The lowest BCUT2D eigenvalue weighted by Crippen LogP contribution is -2.05. The van der Waals surface area contributed by atoms with Gasteiger partial charge in [0.2, 0.25) is 0 Å². The van der Waals surface area contributed by atoms with Gasteiger partial charge in [-0.25, -0.2) is 0 Å². The number of nitro groups is 1. The highest BCUT2D eigenvalue weighted by atomic mass is 35.5. The van der Waals surface area contributed by atoms with Gasteiger partial charge in [0.05, 0.1) is 15.9 Å². The van der Waals surface area contributed by atoms with Crippen LogP contribution in [0.4, 0.5) is 11.4 Å². The zero-order chi connectivity index (χ0) is 15.2. The standard InChI is InChI=1S/C14H15ClN2O3S/c1-2-20-13-9-10(3-5-12(13)17(18)19)16-8-7-11-4-6-14(15)21-11/h3-6,9,16H,2,7-8H2,1H3. The first-order chi connectivity index (χ1) is 10.1. The second-order valence-corrected chi connectivity index (χ2v) is 6.05. The van der Waals surface area contributed by atoms with Crippen LogP contribution in [0.2, 0.25) is 4.34 Å². The summed E-state index contributed by atoms with van der Waals surface area (Å²) in [4.78, 5) is 11.7. The van der Waals surface area contributed by atoms with Gasteiger partial charge in [0, 0.05) is 29.2 Å². The normalized spacial score (nSPS) is 10.4. The van der Waals surface area contributed by atoms with E-state index in [2.05, 4.69) is 5.32 Å². The fourth-order valence-electron chi connectivity index (χ4n) is 1.86. The van der Waals surface area contributed by atoms with Gasteiger partial charge in [0.15, 0.2) is 5.75 Å². The Morgan fingerprint density at radius 1 is 1.38 bits per heavy atom. The Hall–Kier alpha value is -1.79. The summed E-state index contributed by atoms with van der Waals surface area (Å²) >= 11 is 7.43. The SMILES string of the molecule is CCOc1cc(NCCc2ccc(Cl)s2)ccc1[N+](=O)[O-]. The van der Waals surface area contributed by atoms with Gasteiger partial charge in [-0.3, -0.25) is 10.1 Å². The predicted octanol–water partition coefficient (Wildman–Crippen LogP) is 4.36. The first kappa shape index (κ1) is 15.6. The van der Waals surface area contributed by atoms with Crippen molar-refractivity contribution < 1.29 is 9.66 Å². The summed E-state index contributed by atoms with van der Waals surface area (Å²) in [5, 5.41) is 14.1. The molecule has 0 aliphatic carbocycles. The van der Waals surface area contributed by atoms with E-state index in [9.17, 15) is 10.1 Å². The van der Waals surface area contributed by atoms with E-state index in [1.807, 2.05) is 12.1 Å². The van der Waals surface area contributed by atoms with E-state index in [-0.39, 0.29) is 11.4 Å². The summed E-state index contributed by atoms with van der Waals surface area (Å²) in [6, 6.07) is 8.66. The number of rotatable bonds is 7. The number of nitrogens with one attached hydrogen (secondary N) is 1. The average Bonchev–Trinajstić information content (AvgIpc) is 2.85. The number of nitro benzene ring substituents is 1. The molecule has 0 spiro atoms. The summed E-state index contributed by atoms with van der Waals surface area (Å²) in [6.45, 7) is 2.91. The lowest BCUT2D eigenvalue weighted by molar-refractivity contribution is -0.385. The number of ether oxygens (including phenoxy) is 1. The van der Waals surface area contributed by atoms with Crippen LogP contribution in [-0.4, -0.2) is 18.1 Å². The van der Waals surface area contributed by atoms with Crippen molar-refractivity contribution in [2.45, 2.75) is 13.3 Å². The van der Waals surface area contributed by atoms with Crippen LogP contribution in [0.25, 0.3) is 0 Å². The maximum Gasteiger partial charge on any atom is 0.311 e. The highest BCUT2D eigenvalue weighted by molar-refractivity contribution is 7.16. The van der Waals surface area contributed by atoms with Crippen LogP contribution in [-0.2, 0) is 6.42 Å². The molecule has 5 nitrogen and oxygen atoms in total. The van der Waals surface area contributed by atoms with Crippen molar-refractivity contribution in [2.75, 3.05) is 18.5 Å². The minimum atomic E-state index is -0.442. The lowest BCUT2D eigenvalue weighted by Gasteiger charge is -2.09. The molecule has 0 atom stereocenters. The largest absolute Gasteiger partial charge is 0.487 e. The van der Waals surface area contributed by atoms with Crippen LogP contribution in [0, 0.1) is 10.1 Å². The number of benzene rings is 1. The number of halogens is 1. The predicted molar refractivity (Wildman–Crippen MR) is 85.8 cm³/mol. The molecule has 0 unspecified atom stereocenters. The summed E-state index contributed by atoms with van der Waals surface area (Å²) in [5.74, 6) is 0.284. The quantitative estimate of drug-likeness (QED) is 0.606. The molecule has 1 aromatic carbocycles. The van der Waals surface area contributed by atoms with Crippen molar-refractivity contribution in [3.8, 4) is 5.75 Å². The molecule has 2 aromatic rings. The van der Waals surface area contributed by atoms with Crippen LogP contribution >= 0.6 is 22.9 Å². The zero-order valence-electron chi connectivity index (χ0n) is 11.5. The Bertz CT molecular complexity index is 630. The number of nitrogens with zero attached hydrogens (tertiary/aromatic N) is 1. The van der Waals surface area contributed by atoms with Crippen LogP contribution in [0.3, 0.4) is 0 Å². The Balaban J connectivity index is 1.99. The summed E-state index contributed by atoms with van der Waals surface area (Å²) in [6.07, 6.45) is 0.846. The van der Waals surface area contributed by atoms with Crippen LogP contribution in [0.1, 0.15) is 11.8 Å². The molecular formula is C14H15ClN2O3S. The van der Waals surface area contributed by atoms with Gasteiger partial charge < -0.3 is 10.1 Å². The molecular weight excluding hydrogens is 312 g/mol. The highest BCUT2D eigenvalue weighted by Gasteiger charge is 2.15. The minimum Gasteiger partial charge on any atom is -0.487 e. The molecule has 21 heavy (non-hydrogen) atoms. The third-order valence-electron chi connectivity index (χ3n) is 2.79. The smallest absolute Gasteiger partial charge is 0.311 e. The zero-order valence-corrected chi connectivity index (χ0v) is 13.0. The van der Waals surface area contributed by atoms with Gasteiger partial charge in [-0.1, -0.05) is 11.6 Å². The number of hydrogen-bond acceptors (Lipinski definition) is 5. The molecule has 0 saturated heterocycles. The van der Waals surface area contributed by atoms with Gasteiger partial charge in [0.25, 0.3) is 0 Å². The monoisotopic (exact) mass is 326 g/mol. The van der Waals surface area contributed by atoms with E-state index in [1.165, 1.54) is 10.9 Å². The van der Waals surface area contributed by atoms with Crippen molar-refractivity contribution in [3.63, 3.8) is 0 Å². The molecule has 0 radical (unpaired) electrons. The van der Waals surface area contributed by atoms with Gasteiger partial charge in [-0.05, 0) is 31.5 Å². The van der Waals surface area contributed by atoms with Crippen LogP contribution in [0.15, 0.2) is 30.3 Å². The number of hydrogen-bond donors (Lipinski definition) is 1. The van der Waals surface area contributed by atoms with E-state index in [4.69, 9.17) is 16.3 Å². The molecule has 0 bridgehead atoms. The highest BCUT2D eigenvalue weighted by Crippen LogP contribution is 2.30. The molecule has 7 heteroatoms. The first-order valence-electron chi connectivity index (χ1n) is 6.49. The second-order valence-electron chi connectivity index (χ2n) is 4.26. The summed E-state index contributed by atoms with van der Waals surface area (Å²) < 4.78 is 6.09. The van der Waals surface area contributed by atoms with Crippen molar-refractivity contribution in [2.24, 2.45) is 0 Å². The molecule has 0 aliphatic heterocycles. The van der Waals surface area contributed by atoms with Crippen molar-refractivity contribution >= 4 is 34.3 Å². The minimum absolute atomic E-state index is 0.0209. The Kier molecular flexibility index (Phi) is 5.41. The molecule has 0 fully saturated rings. The van der Waals surface area contributed by atoms with Crippen molar-refractivity contribution in [1.82, 2.24) is 0 Å². The van der Waals surface area contributed by atoms with E-state index in [0.29, 0.717) is 6.61 Å². The second kappa shape index (κ2) is 7.28. The third kappa shape index (κ3) is 4.34. The lowest BCUT2D eigenvalue weighted by atomic mass is 10.2. The van der Waals surface area contributed by atoms with Crippen molar-refractivity contribution in [1.29, 1.82) is 0 Å². The van der Waals surface area contributed by atoms with E-state index in [0.717, 1.165) is 23.0 Å². The van der Waals surface area contributed by atoms with Gasteiger partial charge in [-0.2, -0.15) is 0 Å². The summed E-state index contributed by atoms with van der Waals surface area (Å²) in [7, 11) is 0. The van der Waals surface area contributed by atoms with Gasteiger partial charge >= 0.3 is 5.69 Å². The van der Waals surface area contributed by atoms with Crippen LogP contribution in [0.5, 0.6) is 5.75 Å². The Labute approximate surface area is 131 Å². The topological polar surface area (TPSA) is 64.4 Å². The molecule has 2 rings (SSSR count). The van der Waals surface area contributed by atoms with E-state index >= 15 is 0 Å². The molecule has 0 aliphatic rings. The molecule has 0 amide bonds. The molecule has 1 N–H and O–H groups in total. The maximum atomic E-state index is 10.9. The Morgan fingerprint density at radius 3 is 2.81 bits per heavy atom. The molecule has 112 valence electrons. The third-order valence-corrected chi connectivity index (χ3v) is 4.08. The van der Waals surface area contributed by atoms with Crippen molar-refractivity contribution in [3.05, 3.63) is 49.7 Å². The van der Waals surface area contributed by atoms with Gasteiger partial charge in [-0.15, -0.1) is 11.3 Å². The number of thiophene rings is 1. The molecule has 0 saturated carbocycles. The van der Waals surface area contributed by atoms with E-state index < -0.39 is 4.92 Å². The summed E-state index contributed by atoms with van der Waals surface area (Å²) in [5.41, 5.74) is 0.777. The molecule has 1 heterocycles. The van der Waals surface area contributed by atoms with Crippen LogP contribution < -0.4 is 10.1 Å². The van der Waals surface area contributed by atoms with E-state index in [1.54, 1.807) is 30.4 Å². The first-order valence-corrected chi connectivity index (χ1v) is 7.69. The Morgan fingerprint density at radius 2 is 2.19 bits per heavy atom. The average molecular weight is 327 g/mol.